The molecule has 112 valence electrons. The van der Waals surface area contributed by atoms with Gasteiger partial charge in [-0.3, -0.25) is 0 Å². The zero-order valence-electron chi connectivity index (χ0n) is 11.8. The molecule has 0 aliphatic carbocycles. The molecule has 4 nitrogen and oxygen atoms in total. The maximum absolute atomic E-state index is 12.5. The molecular weight excluding hydrogens is 294 g/mol. The molecule has 0 saturated carbocycles. The zero-order chi connectivity index (χ0) is 14.8. The van der Waals surface area contributed by atoms with Crippen molar-refractivity contribution < 1.29 is 13.5 Å². The van der Waals surface area contributed by atoms with Crippen LogP contribution in [0.4, 0.5) is 0 Å². The summed E-state index contributed by atoms with van der Waals surface area (Å²) in [6, 6.07) is 7.12. The van der Waals surface area contributed by atoms with Gasteiger partial charge in [-0.15, -0.1) is 0 Å². The standard InChI is InChI=1S/C14H21NO3S2/c1-11-12(2)19-8-7-15(11)20(17,18)10-14-5-3-13(9-16)4-6-14/h3-6,11-12,16H,7-10H2,1-2H3. The Morgan fingerprint density at radius 1 is 1.25 bits per heavy atom. The lowest BCUT2D eigenvalue weighted by Gasteiger charge is -2.36. The lowest BCUT2D eigenvalue weighted by atomic mass is 10.2. The molecule has 2 atom stereocenters. The summed E-state index contributed by atoms with van der Waals surface area (Å²) >= 11 is 1.82. The minimum Gasteiger partial charge on any atom is -0.392 e. The van der Waals surface area contributed by atoms with E-state index in [1.165, 1.54) is 0 Å². The predicted molar refractivity (Wildman–Crippen MR) is 83.1 cm³/mol. The van der Waals surface area contributed by atoms with E-state index in [1.54, 1.807) is 28.6 Å². The molecule has 1 aliphatic heterocycles. The minimum atomic E-state index is -3.28. The molecule has 20 heavy (non-hydrogen) atoms. The second kappa shape index (κ2) is 6.47. The van der Waals surface area contributed by atoms with Crippen molar-refractivity contribution in [2.24, 2.45) is 0 Å². The van der Waals surface area contributed by atoms with Gasteiger partial charge in [-0.2, -0.15) is 16.1 Å². The Morgan fingerprint density at radius 2 is 1.85 bits per heavy atom. The molecule has 1 aromatic carbocycles. The average Bonchev–Trinajstić information content (AvgIpc) is 2.42. The van der Waals surface area contributed by atoms with Gasteiger partial charge in [-0.05, 0) is 18.1 Å². The number of benzene rings is 1. The van der Waals surface area contributed by atoms with Gasteiger partial charge in [0.1, 0.15) is 0 Å². The fourth-order valence-corrected chi connectivity index (χ4v) is 5.46. The molecule has 0 amide bonds. The van der Waals surface area contributed by atoms with E-state index in [0.717, 1.165) is 16.9 Å². The Balaban J connectivity index is 2.13. The van der Waals surface area contributed by atoms with E-state index >= 15 is 0 Å². The number of hydrogen-bond donors (Lipinski definition) is 1. The first-order chi connectivity index (χ1) is 9.44. The number of aliphatic hydroxyl groups excluding tert-OH is 1. The largest absolute Gasteiger partial charge is 0.392 e. The van der Waals surface area contributed by atoms with E-state index in [4.69, 9.17) is 5.11 Å². The fourth-order valence-electron chi connectivity index (χ4n) is 2.33. The zero-order valence-corrected chi connectivity index (χ0v) is 13.5. The lowest BCUT2D eigenvalue weighted by molar-refractivity contribution is 0.282. The van der Waals surface area contributed by atoms with E-state index in [-0.39, 0.29) is 18.4 Å². The third-order valence-electron chi connectivity index (χ3n) is 3.74. The summed E-state index contributed by atoms with van der Waals surface area (Å²) < 4.78 is 26.7. The van der Waals surface area contributed by atoms with Crippen molar-refractivity contribution in [3.63, 3.8) is 0 Å². The van der Waals surface area contributed by atoms with Gasteiger partial charge in [0, 0.05) is 23.6 Å². The van der Waals surface area contributed by atoms with Crippen LogP contribution in [0.25, 0.3) is 0 Å². The van der Waals surface area contributed by atoms with Gasteiger partial charge in [-0.1, -0.05) is 31.2 Å². The Morgan fingerprint density at radius 3 is 2.45 bits per heavy atom. The number of aliphatic hydroxyl groups is 1. The summed E-state index contributed by atoms with van der Waals surface area (Å²) in [6.45, 7) is 4.62. The van der Waals surface area contributed by atoms with Crippen molar-refractivity contribution in [1.82, 2.24) is 4.31 Å². The lowest BCUT2D eigenvalue weighted by Crippen LogP contribution is -2.48. The molecule has 0 spiro atoms. The minimum absolute atomic E-state index is 0.0229. The Labute approximate surface area is 125 Å². The second-order valence-corrected chi connectivity index (χ2v) is 8.56. The van der Waals surface area contributed by atoms with Gasteiger partial charge in [0.15, 0.2) is 0 Å². The highest BCUT2D eigenvalue weighted by molar-refractivity contribution is 8.00. The number of thioether (sulfide) groups is 1. The van der Waals surface area contributed by atoms with Gasteiger partial charge in [0.05, 0.1) is 12.4 Å². The van der Waals surface area contributed by atoms with Gasteiger partial charge in [0.2, 0.25) is 10.0 Å². The first kappa shape index (κ1) is 15.8. The quantitative estimate of drug-likeness (QED) is 0.921. The molecular formula is C14H21NO3S2. The van der Waals surface area contributed by atoms with Gasteiger partial charge in [0.25, 0.3) is 0 Å². The molecule has 6 heteroatoms. The van der Waals surface area contributed by atoms with Crippen molar-refractivity contribution in [2.75, 3.05) is 12.3 Å². The van der Waals surface area contributed by atoms with E-state index in [2.05, 4.69) is 6.92 Å². The summed E-state index contributed by atoms with van der Waals surface area (Å²) in [5.74, 6) is 0.884. The van der Waals surface area contributed by atoms with Crippen LogP contribution in [0.15, 0.2) is 24.3 Å². The Hall–Kier alpha value is -0.560. The molecule has 1 saturated heterocycles. The van der Waals surface area contributed by atoms with Gasteiger partial charge in [-0.25, -0.2) is 8.42 Å². The van der Waals surface area contributed by atoms with Crippen LogP contribution in [0.2, 0.25) is 0 Å². The molecule has 0 bridgehead atoms. The van der Waals surface area contributed by atoms with Crippen LogP contribution < -0.4 is 0 Å². The van der Waals surface area contributed by atoms with Crippen LogP contribution in [0.1, 0.15) is 25.0 Å². The highest BCUT2D eigenvalue weighted by atomic mass is 32.2. The third-order valence-corrected chi connectivity index (χ3v) is 7.00. The van der Waals surface area contributed by atoms with E-state index < -0.39 is 10.0 Å². The van der Waals surface area contributed by atoms with Crippen LogP contribution in [0, 0.1) is 0 Å². The monoisotopic (exact) mass is 315 g/mol. The van der Waals surface area contributed by atoms with Crippen molar-refractivity contribution in [2.45, 2.75) is 37.5 Å². The summed E-state index contributed by atoms with van der Waals surface area (Å²) in [7, 11) is -3.28. The van der Waals surface area contributed by atoms with Gasteiger partial charge < -0.3 is 5.11 Å². The Kier molecular flexibility index (Phi) is 5.12. The normalized spacial score (nSPS) is 24.8. The average molecular weight is 315 g/mol. The summed E-state index contributed by atoms with van der Waals surface area (Å²) in [5.41, 5.74) is 1.56. The third kappa shape index (κ3) is 3.55. The molecule has 2 unspecified atom stereocenters. The van der Waals surface area contributed by atoms with Crippen LogP contribution in [0.3, 0.4) is 0 Å². The Bertz CT molecular complexity index is 542. The van der Waals surface area contributed by atoms with Crippen molar-refractivity contribution in [3.05, 3.63) is 35.4 Å². The SMILES string of the molecule is CC1SCCN(S(=O)(=O)Cc2ccc(CO)cc2)C1C. The van der Waals surface area contributed by atoms with Crippen molar-refractivity contribution in [3.8, 4) is 0 Å². The summed E-state index contributed by atoms with van der Waals surface area (Å²) in [6.07, 6.45) is 0. The van der Waals surface area contributed by atoms with Crippen LogP contribution in [0.5, 0.6) is 0 Å². The fraction of sp³-hybridized carbons (Fsp3) is 0.571. The molecule has 1 aliphatic rings. The second-order valence-electron chi connectivity index (χ2n) is 5.16. The summed E-state index contributed by atoms with van der Waals surface area (Å²) in [5, 5.41) is 9.33. The number of sulfonamides is 1. The van der Waals surface area contributed by atoms with E-state index in [0.29, 0.717) is 11.8 Å². The maximum atomic E-state index is 12.5. The predicted octanol–water partition coefficient (Wildman–Crippen LogP) is 1.83. The van der Waals surface area contributed by atoms with E-state index in [9.17, 15) is 8.42 Å². The number of nitrogens with zero attached hydrogens (tertiary/aromatic N) is 1. The number of rotatable bonds is 4. The van der Waals surface area contributed by atoms with Crippen LogP contribution >= 0.6 is 11.8 Å². The molecule has 1 aromatic rings. The first-order valence-electron chi connectivity index (χ1n) is 6.74. The molecule has 0 aromatic heterocycles. The first-order valence-corrected chi connectivity index (χ1v) is 9.39. The summed E-state index contributed by atoms with van der Waals surface area (Å²) in [4.78, 5) is 0. The topological polar surface area (TPSA) is 57.6 Å². The molecule has 0 radical (unpaired) electrons. The molecule has 1 N–H and O–H groups in total. The highest BCUT2D eigenvalue weighted by Gasteiger charge is 2.33. The van der Waals surface area contributed by atoms with Crippen LogP contribution in [-0.4, -0.2) is 41.4 Å². The van der Waals surface area contributed by atoms with Gasteiger partial charge >= 0.3 is 0 Å². The smallest absolute Gasteiger partial charge is 0.218 e. The number of hydrogen-bond acceptors (Lipinski definition) is 4. The maximum Gasteiger partial charge on any atom is 0.218 e. The highest BCUT2D eigenvalue weighted by Crippen LogP contribution is 2.27. The van der Waals surface area contributed by atoms with Crippen molar-refractivity contribution >= 4 is 21.8 Å². The molecule has 1 fully saturated rings. The van der Waals surface area contributed by atoms with E-state index in [1.807, 2.05) is 18.7 Å². The van der Waals surface area contributed by atoms with Crippen molar-refractivity contribution in [1.29, 1.82) is 0 Å². The van der Waals surface area contributed by atoms with Crippen LogP contribution in [-0.2, 0) is 22.4 Å². The molecule has 1 heterocycles. The molecule has 2 rings (SSSR count).